The predicted molar refractivity (Wildman–Crippen MR) is 71.5 cm³/mol. The van der Waals surface area contributed by atoms with Crippen LogP contribution in [0.5, 0.6) is 0 Å². The molecule has 2 unspecified atom stereocenters. The Hall–Kier alpha value is -0.380. The molecule has 0 heterocycles. The lowest BCUT2D eigenvalue weighted by molar-refractivity contribution is 0.182. The van der Waals surface area contributed by atoms with E-state index in [2.05, 4.69) is 52.4 Å². The number of rotatable bonds is 6. The van der Waals surface area contributed by atoms with Crippen LogP contribution in [0.15, 0.2) is 28.7 Å². The summed E-state index contributed by atoms with van der Waals surface area (Å²) in [5.74, 6) is 0. The van der Waals surface area contributed by atoms with Crippen molar-refractivity contribution in [3.05, 3.63) is 34.3 Å². The second kappa shape index (κ2) is 7.05. The first kappa shape index (κ1) is 13.7. The van der Waals surface area contributed by atoms with Gasteiger partial charge >= 0.3 is 0 Å². The number of halogens is 1. The summed E-state index contributed by atoms with van der Waals surface area (Å²) in [6.45, 7) is 4.84. The number of aliphatic hydroxyl groups excluding tert-OH is 1. The molecule has 1 aromatic carbocycles. The first-order chi connectivity index (χ1) is 7.63. The van der Waals surface area contributed by atoms with Gasteiger partial charge in [-0.2, -0.15) is 0 Å². The molecular weight excluding hydrogens is 266 g/mol. The van der Waals surface area contributed by atoms with Crippen LogP contribution in [0, 0.1) is 0 Å². The van der Waals surface area contributed by atoms with Gasteiger partial charge in [0.15, 0.2) is 0 Å². The van der Waals surface area contributed by atoms with Crippen molar-refractivity contribution >= 4 is 15.9 Å². The zero-order valence-corrected chi connectivity index (χ0v) is 11.5. The highest BCUT2D eigenvalue weighted by Gasteiger charge is 2.08. The summed E-state index contributed by atoms with van der Waals surface area (Å²) in [6.07, 6.45) is 1.63. The molecule has 1 aromatic rings. The Morgan fingerprint density at radius 1 is 1.31 bits per heavy atom. The first-order valence-corrected chi connectivity index (χ1v) is 6.59. The van der Waals surface area contributed by atoms with Crippen molar-refractivity contribution in [2.45, 2.75) is 38.8 Å². The lowest BCUT2D eigenvalue weighted by Crippen LogP contribution is -2.24. The van der Waals surface area contributed by atoms with Gasteiger partial charge in [0.2, 0.25) is 0 Å². The van der Waals surface area contributed by atoms with E-state index >= 15 is 0 Å². The quantitative estimate of drug-likeness (QED) is 0.841. The third-order valence-electron chi connectivity index (χ3n) is 2.63. The van der Waals surface area contributed by atoms with Crippen LogP contribution in [0.1, 0.15) is 38.3 Å². The normalized spacial score (nSPS) is 14.8. The highest BCUT2D eigenvalue weighted by Crippen LogP contribution is 2.19. The molecule has 0 aromatic heterocycles. The van der Waals surface area contributed by atoms with E-state index in [-0.39, 0.29) is 6.10 Å². The number of hydrogen-bond acceptors (Lipinski definition) is 2. The molecule has 0 aliphatic heterocycles. The van der Waals surface area contributed by atoms with Crippen molar-refractivity contribution < 1.29 is 5.11 Å². The molecule has 90 valence electrons. The van der Waals surface area contributed by atoms with Gasteiger partial charge in [-0.25, -0.2) is 0 Å². The smallest absolute Gasteiger partial charge is 0.0524 e. The molecule has 0 spiro atoms. The van der Waals surface area contributed by atoms with Crippen molar-refractivity contribution in [2.75, 3.05) is 6.54 Å². The molecule has 0 radical (unpaired) electrons. The summed E-state index contributed by atoms with van der Waals surface area (Å²) in [6, 6.07) is 8.77. The fourth-order valence-electron chi connectivity index (χ4n) is 1.66. The topological polar surface area (TPSA) is 32.3 Å². The fraction of sp³-hybridized carbons (Fsp3) is 0.538. The number of benzene rings is 1. The fourth-order valence-corrected chi connectivity index (χ4v) is 1.92. The van der Waals surface area contributed by atoms with E-state index in [0.717, 1.165) is 23.9 Å². The maximum Gasteiger partial charge on any atom is 0.0524 e. The van der Waals surface area contributed by atoms with Crippen LogP contribution >= 0.6 is 15.9 Å². The molecule has 0 amide bonds. The molecule has 2 atom stereocenters. The molecule has 16 heavy (non-hydrogen) atoms. The number of hydrogen-bond donors (Lipinski definition) is 2. The minimum atomic E-state index is -0.227. The third-order valence-corrected chi connectivity index (χ3v) is 3.16. The summed E-state index contributed by atoms with van der Waals surface area (Å²) in [5.41, 5.74) is 1.30. The van der Waals surface area contributed by atoms with Crippen molar-refractivity contribution in [1.29, 1.82) is 0 Å². The van der Waals surface area contributed by atoms with Crippen molar-refractivity contribution in [3.8, 4) is 0 Å². The SMILES string of the molecule is CCC(NCCC(C)O)c1ccc(Br)cc1. The summed E-state index contributed by atoms with van der Waals surface area (Å²) in [7, 11) is 0. The maximum atomic E-state index is 9.20. The van der Waals surface area contributed by atoms with Crippen molar-refractivity contribution in [1.82, 2.24) is 5.32 Å². The second-order valence-electron chi connectivity index (χ2n) is 4.10. The standard InChI is InChI=1S/C13H20BrNO/c1-3-13(15-9-8-10(2)16)11-4-6-12(14)7-5-11/h4-7,10,13,15-16H,3,8-9H2,1-2H3. The van der Waals surface area contributed by atoms with Crippen LogP contribution in [-0.2, 0) is 0 Å². The van der Waals surface area contributed by atoms with Gasteiger partial charge < -0.3 is 10.4 Å². The minimum Gasteiger partial charge on any atom is -0.393 e. The first-order valence-electron chi connectivity index (χ1n) is 5.80. The Kier molecular flexibility index (Phi) is 6.03. The Bertz CT molecular complexity index is 297. The van der Waals surface area contributed by atoms with E-state index in [9.17, 15) is 5.11 Å². The molecule has 2 N–H and O–H groups in total. The Labute approximate surface area is 106 Å². The highest BCUT2D eigenvalue weighted by atomic mass is 79.9. The van der Waals surface area contributed by atoms with Crippen LogP contribution < -0.4 is 5.32 Å². The third kappa shape index (κ3) is 4.64. The van der Waals surface area contributed by atoms with Gasteiger partial charge in [-0.15, -0.1) is 0 Å². The van der Waals surface area contributed by atoms with Gasteiger partial charge in [-0.1, -0.05) is 35.0 Å². The molecule has 0 fully saturated rings. The van der Waals surface area contributed by atoms with E-state index in [1.54, 1.807) is 0 Å². The monoisotopic (exact) mass is 285 g/mol. The average Bonchev–Trinajstić information content (AvgIpc) is 2.26. The van der Waals surface area contributed by atoms with Crippen LogP contribution in [0.4, 0.5) is 0 Å². The van der Waals surface area contributed by atoms with Crippen molar-refractivity contribution in [3.63, 3.8) is 0 Å². The summed E-state index contributed by atoms with van der Waals surface area (Å²) < 4.78 is 1.11. The number of nitrogens with one attached hydrogen (secondary N) is 1. The van der Waals surface area contributed by atoms with Gasteiger partial charge in [0.25, 0.3) is 0 Å². The van der Waals surface area contributed by atoms with E-state index in [0.29, 0.717) is 6.04 Å². The molecule has 2 nitrogen and oxygen atoms in total. The molecule has 0 saturated carbocycles. The Morgan fingerprint density at radius 3 is 2.44 bits per heavy atom. The lowest BCUT2D eigenvalue weighted by Gasteiger charge is -2.18. The molecular formula is C13H20BrNO. The molecule has 1 rings (SSSR count). The number of aliphatic hydroxyl groups is 1. The van der Waals surface area contributed by atoms with Crippen LogP contribution in [0.25, 0.3) is 0 Å². The van der Waals surface area contributed by atoms with Crippen LogP contribution in [0.2, 0.25) is 0 Å². The molecule has 0 aliphatic rings. The molecule has 0 aliphatic carbocycles. The minimum absolute atomic E-state index is 0.227. The summed E-state index contributed by atoms with van der Waals surface area (Å²) >= 11 is 3.43. The summed E-state index contributed by atoms with van der Waals surface area (Å²) in [5, 5.41) is 12.7. The average molecular weight is 286 g/mol. The van der Waals surface area contributed by atoms with Gasteiger partial charge in [-0.05, 0) is 44.0 Å². The highest BCUT2D eigenvalue weighted by molar-refractivity contribution is 9.10. The zero-order chi connectivity index (χ0) is 12.0. The predicted octanol–water partition coefficient (Wildman–Crippen LogP) is 3.26. The molecule has 0 bridgehead atoms. The zero-order valence-electron chi connectivity index (χ0n) is 9.91. The van der Waals surface area contributed by atoms with E-state index in [1.807, 2.05) is 6.92 Å². The Balaban J connectivity index is 2.50. The van der Waals surface area contributed by atoms with E-state index in [1.165, 1.54) is 5.56 Å². The van der Waals surface area contributed by atoms with Gasteiger partial charge in [0.05, 0.1) is 6.10 Å². The second-order valence-corrected chi connectivity index (χ2v) is 5.02. The van der Waals surface area contributed by atoms with Gasteiger partial charge in [-0.3, -0.25) is 0 Å². The Morgan fingerprint density at radius 2 is 1.94 bits per heavy atom. The van der Waals surface area contributed by atoms with Gasteiger partial charge in [0, 0.05) is 10.5 Å². The summed E-state index contributed by atoms with van der Waals surface area (Å²) in [4.78, 5) is 0. The van der Waals surface area contributed by atoms with E-state index in [4.69, 9.17) is 0 Å². The van der Waals surface area contributed by atoms with Crippen LogP contribution in [0.3, 0.4) is 0 Å². The lowest BCUT2D eigenvalue weighted by atomic mass is 10.0. The van der Waals surface area contributed by atoms with Crippen molar-refractivity contribution in [2.24, 2.45) is 0 Å². The van der Waals surface area contributed by atoms with E-state index < -0.39 is 0 Å². The van der Waals surface area contributed by atoms with Gasteiger partial charge in [0.1, 0.15) is 0 Å². The maximum absolute atomic E-state index is 9.20. The van der Waals surface area contributed by atoms with Crippen LogP contribution in [-0.4, -0.2) is 17.8 Å². The largest absolute Gasteiger partial charge is 0.393 e. The molecule has 0 saturated heterocycles. The molecule has 3 heteroatoms.